The molecule has 3 rings (SSSR count). The summed E-state index contributed by atoms with van der Waals surface area (Å²) in [6.45, 7) is 9.59. The summed E-state index contributed by atoms with van der Waals surface area (Å²) in [7, 11) is 0. The molecule has 1 unspecified atom stereocenters. The first kappa shape index (κ1) is 10.8. The van der Waals surface area contributed by atoms with Gasteiger partial charge in [0.2, 0.25) is 0 Å². The van der Waals surface area contributed by atoms with E-state index in [0.29, 0.717) is 5.41 Å². The number of aliphatic hydroxyl groups is 1. The van der Waals surface area contributed by atoms with Gasteiger partial charge in [-0.3, -0.25) is 0 Å². The highest BCUT2D eigenvalue weighted by atomic mass is 16.3. The first-order valence-electron chi connectivity index (χ1n) is 6.78. The highest BCUT2D eigenvalue weighted by Crippen LogP contribution is 2.74. The molecule has 0 radical (unpaired) electrons. The fourth-order valence-electron chi connectivity index (χ4n) is 5.02. The quantitative estimate of drug-likeness (QED) is 0.620. The largest absolute Gasteiger partial charge is 0.389 e. The van der Waals surface area contributed by atoms with Crippen LogP contribution in [0.25, 0.3) is 0 Å². The molecule has 0 aromatic heterocycles. The van der Waals surface area contributed by atoms with Crippen molar-refractivity contribution in [3.63, 3.8) is 0 Å². The molecule has 90 valence electrons. The maximum absolute atomic E-state index is 10.3. The number of hydrogen-bond acceptors (Lipinski definition) is 1. The zero-order valence-electron chi connectivity index (χ0n) is 11.0. The Hall–Kier alpha value is -0.300. The highest BCUT2D eigenvalue weighted by Gasteiger charge is 2.70. The summed E-state index contributed by atoms with van der Waals surface area (Å²) in [5, 5.41) is 10.3. The normalized spacial score (nSPS) is 53.7. The predicted molar refractivity (Wildman–Crippen MR) is 66.0 cm³/mol. The van der Waals surface area contributed by atoms with Gasteiger partial charge in [0.25, 0.3) is 0 Å². The molecule has 5 atom stereocenters. The molecule has 0 bridgehead atoms. The van der Waals surface area contributed by atoms with Crippen LogP contribution in [0.5, 0.6) is 0 Å². The zero-order chi connectivity index (χ0) is 11.7. The van der Waals surface area contributed by atoms with E-state index >= 15 is 0 Å². The van der Waals surface area contributed by atoms with E-state index in [1.165, 1.54) is 18.4 Å². The first-order chi connectivity index (χ1) is 7.40. The van der Waals surface area contributed by atoms with Gasteiger partial charge in [0.05, 0.1) is 6.10 Å². The topological polar surface area (TPSA) is 20.2 Å². The van der Waals surface area contributed by atoms with Gasteiger partial charge < -0.3 is 5.11 Å². The van der Waals surface area contributed by atoms with Crippen LogP contribution in [0.4, 0.5) is 0 Å². The van der Waals surface area contributed by atoms with Gasteiger partial charge in [-0.25, -0.2) is 0 Å². The Morgan fingerprint density at radius 3 is 2.69 bits per heavy atom. The molecule has 3 aliphatic rings. The SMILES string of the molecule is C[C@@H]1CCC=C2C(O)C[C@@H]3[C@@H](C3(C)C)[C@]21C. The molecule has 3 aliphatic carbocycles. The van der Waals surface area contributed by atoms with Gasteiger partial charge in [-0.2, -0.15) is 0 Å². The molecule has 0 aliphatic heterocycles. The predicted octanol–water partition coefficient (Wildman–Crippen LogP) is 3.39. The van der Waals surface area contributed by atoms with Gasteiger partial charge in [-0.05, 0) is 53.4 Å². The standard InChI is InChI=1S/C15H24O/c1-9-6-5-7-10-12(16)8-11-13(14(11,2)3)15(9,10)4/h7,9,11-13,16H,5-6,8H2,1-4H3/t9-,11-,12?,13+,15+/m1/s1. The number of fused-ring (bicyclic) bond motifs is 3. The van der Waals surface area contributed by atoms with Crippen molar-refractivity contribution in [1.29, 1.82) is 0 Å². The van der Waals surface area contributed by atoms with E-state index in [2.05, 4.69) is 33.8 Å². The van der Waals surface area contributed by atoms with Crippen LogP contribution in [0.15, 0.2) is 11.6 Å². The lowest BCUT2D eigenvalue weighted by Crippen LogP contribution is -2.41. The summed E-state index contributed by atoms with van der Waals surface area (Å²) in [5.41, 5.74) is 2.11. The average molecular weight is 220 g/mol. The minimum absolute atomic E-state index is 0.157. The van der Waals surface area contributed by atoms with Crippen molar-refractivity contribution in [3.05, 3.63) is 11.6 Å². The summed E-state index contributed by atoms with van der Waals surface area (Å²) in [6, 6.07) is 0. The van der Waals surface area contributed by atoms with Crippen molar-refractivity contribution in [2.24, 2.45) is 28.6 Å². The number of rotatable bonds is 0. The molecule has 16 heavy (non-hydrogen) atoms. The van der Waals surface area contributed by atoms with Crippen LogP contribution in [-0.4, -0.2) is 11.2 Å². The van der Waals surface area contributed by atoms with E-state index in [1.54, 1.807) is 0 Å². The third-order valence-electron chi connectivity index (χ3n) is 6.14. The second kappa shape index (κ2) is 2.93. The minimum atomic E-state index is -0.157. The van der Waals surface area contributed by atoms with Gasteiger partial charge in [-0.15, -0.1) is 0 Å². The maximum atomic E-state index is 10.3. The lowest BCUT2D eigenvalue weighted by Gasteiger charge is -2.46. The van der Waals surface area contributed by atoms with Crippen molar-refractivity contribution in [1.82, 2.24) is 0 Å². The minimum Gasteiger partial charge on any atom is -0.389 e. The monoisotopic (exact) mass is 220 g/mol. The van der Waals surface area contributed by atoms with Crippen LogP contribution in [0.1, 0.15) is 47.0 Å². The molecule has 1 N–H and O–H groups in total. The second-order valence-corrected chi connectivity index (χ2v) is 7.08. The van der Waals surface area contributed by atoms with Gasteiger partial charge in [0, 0.05) is 0 Å². The van der Waals surface area contributed by atoms with E-state index in [1.807, 2.05) is 0 Å². The molecule has 1 nitrogen and oxygen atoms in total. The van der Waals surface area contributed by atoms with Gasteiger partial charge in [0.15, 0.2) is 0 Å². The first-order valence-corrected chi connectivity index (χ1v) is 6.78. The van der Waals surface area contributed by atoms with Gasteiger partial charge in [-0.1, -0.05) is 33.8 Å². The summed E-state index contributed by atoms with van der Waals surface area (Å²) >= 11 is 0. The molecule has 0 aromatic rings. The molecular weight excluding hydrogens is 196 g/mol. The summed E-state index contributed by atoms with van der Waals surface area (Å²) < 4.78 is 0. The Morgan fingerprint density at radius 1 is 1.31 bits per heavy atom. The van der Waals surface area contributed by atoms with E-state index < -0.39 is 0 Å². The Labute approximate surface area is 98.9 Å². The molecule has 0 aromatic carbocycles. The van der Waals surface area contributed by atoms with Crippen molar-refractivity contribution < 1.29 is 5.11 Å². The molecule has 0 spiro atoms. The van der Waals surface area contributed by atoms with E-state index in [0.717, 1.165) is 24.2 Å². The molecule has 1 heteroatoms. The van der Waals surface area contributed by atoms with Gasteiger partial charge in [0.1, 0.15) is 0 Å². The fourth-order valence-corrected chi connectivity index (χ4v) is 5.02. The fraction of sp³-hybridized carbons (Fsp3) is 0.867. The Morgan fingerprint density at radius 2 is 2.00 bits per heavy atom. The molecule has 0 saturated heterocycles. The summed E-state index contributed by atoms with van der Waals surface area (Å²) in [6.07, 6.45) is 5.66. The zero-order valence-corrected chi connectivity index (χ0v) is 11.0. The van der Waals surface area contributed by atoms with Crippen molar-refractivity contribution in [3.8, 4) is 0 Å². The van der Waals surface area contributed by atoms with Crippen LogP contribution in [0.3, 0.4) is 0 Å². The lowest BCUT2D eigenvalue weighted by atomic mass is 9.59. The summed E-state index contributed by atoms with van der Waals surface area (Å²) in [5.74, 6) is 2.30. The van der Waals surface area contributed by atoms with Crippen LogP contribution in [-0.2, 0) is 0 Å². The number of aliphatic hydroxyl groups excluding tert-OH is 1. The van der Waals surface area contributed by atoms with E-state index in [-0.39, 0.29) is 11.5 Å². The van der Waals surface area contributed by atoms with Gasteiger partial charge >= 0.3 is 0 Å². The molecule has 2 saturated carbocycles. The van der Waals surface area contributed by atoms with E-state index in [9.17, 15) is 5.11 Å². The molecule has 0 amide bonds. The third-order valence-corrected chi connectivity index (χ3v) is 6.14. The maximum Gasteiger partial charge on any atom is 0.0758 e. The van der Waals surface area contributed by atoms with Crippen LogP contribution >= 0.6 is 0 Å². The third kappa shape index (κ3) is 1.06. The average Bonchev–Trinajstić information content (AvgIpc) is 2.73. The summed E-state index contributed by atoms with van der Waals surface area (Å²) in [4.78, 5) is 0. The molecular formula is C15H24O. The molecule has 2 fully saturated rings. The Bertz CT molecular complexity index is 354. The van der Waals surface area contributed by atoms with Crippen molar-refractivity contribution in [2.75, 3.05) is 0 Å². The van der Waals surface area contributed by atoms with Crippen molar-refractivity contribution >= 4 is 0 Å². The van der Waals surface area contributed by atoms with Crippen molar-refractivity contribution in [2.45, 2.75) is 53.1 Å². The van der Waals surface area contributed by atoms with Crippen LogP contribution < -0.4 is 0 Å². The lowest BCUT2D eigenvalue weighted by molar-refractivity contribution is 0.0729. The Balaban J connectivity index is 2.07. The Kier molecular flexibility index (Phi) is 1.98. The number of hydrogen-bond donors (Lipinski definition) is 1. The highest BCUT2D eigenvalue weighted by molar-refractivity contribution is 5.34. The smallest absolute Gasteiger partial charge is 0.0758 e. The number of allylic oxidation sites excluding steroid dienone is 1. The van der Waals surface area contributed by atoms with E-state index in [4.69, 9.17) is 0 Å². The molecule has 0 heterocycles. The van der Waals surface area contributed by atoms with Crippen LogP contribution in [0, 0.1) is 28.6 Å². The second-order valence-electron chi connectivity index (χ2n) is 7.08. The van der Waals surface area contributed by atoms with Crippen LogP contribution in [0.2, 0.25) is 0 Å².